The molecule has 4 heterocycles. The van der Waals surface area contributed by atoms with E-state index >= 15 is 0 Å². The van der Waals surface area contributed by atoms with Gasteiger partial charge in [0.05, 0.1) is 30.2 Å². The van der Waals surface area contributed by atoms with E-state index in [1.165, 1.54) is 66.6 Å². The minimum Gasteiger partial charge on any atom is -0.477 e. The van der Waals surface area contributed by atoms with Gasteiger partial charge in [-0.1, -0.05) is 112 Å². The van der Waals surface area contributed by atoms with Gasteiger partial charge >= 0.3 is 30.1 Å². The van der Waals surface area contributed by atoms with Crippen LogP contribution < -0.4 is 5.32 Å². The van der Waals surface area contributed by atoms with Gasteiger partial charge in [0.15, 0.2) is 0 Å². The lowest BCUT2D eigenvalue weighted by atomic mass is 10.00. The number of thiophene rings is 2. The topological polar surface area (TPSA) is 181 Å². The van der Waals surface area contributed by atoms with Crippen LogP contribution in [0.25, 0.3) is 22.3 Å². The number of hydrogen-bond donors (Lipinski definition) is 2. The first kappa shape index (κ1) is 68.8. The predicted molar refractivity (Wildman–Crippen MR) is 347 cm³/mol. The van der Waals surface area contributed by atoms with Gasteiger partial charge in [-0.2, -0.15) is 0 Å². The molecule has 2 fully saturated rings. The van der Waals surface area contributed by atoms with E-state index in [-0.39, 0.29) is 36.1 Å². The van der Waals surface area contributed by atoms with Crippen LogP contribution >= 0.6 is 22.7 Å². The molecule has 0 bridgehead atoms. The Morgan fingerprint density at radius 2 is 0.920 bits per heavy atom. The molecule has 0 saturated carbocycles. The minimum atomic E-state index is -0.813. The van der Waals surface area contributed by atoms with E-state index in [4.69, 9.17) is 24.1 Å². The first-order valence-electron chi connectivity index (χ1n) is 30.5. The number of aromatic carboxylic acids is 1. The van der Waals surface area contributed by atoms with Crippen LogP contribution in [0, 0.1) is 0 Å². The largest absolute Gasteiger partial charge is 0.477 e. The number of carboxylic acid groups (broad SMARTS) is 1. The third-order valence-corrected chi connectivity index (χ3v) is 17.2. The van der Waals surface area contributed by atoms with Crippen LogP contribution in [0.15, 0.2) is 121 Å². The highest BCUT2D eigenvalue weighted by atomic mass is 32.1. The number of benzene rings is 4. The van der Waals surface area contributed by atoms with Crippen molar-refractivity contribution in [3.8, 4) is 22.3 Å². The van der Waals surface area contributed by atoms with Gasteiger partial charge in [0.1, 0.15) is 16.1 Å². The Bertz CT molecular complexity index is 3130. The van der Waals surface area contributed by atoms with Crippen molar-refractivity contribution in [1.82, 2.24) is 20.0 Å². The molecular weight excluding hydrogens is 1140 g/mol. The molecule has 0 aliphatic carbocycles. The number of carbonyl (C=O) groups excluding carboxylic acids is 5. The van der Waals surface area contributed by atoms with Crippen LogP contribution in [-0.4, -0.2) is 119 Å². The number of hydrogen-bond acceptors (Lipinski definition) is 13. The molecule has 0 unspecified atom stereocenters. The van der Waals surface area contributed by atoms with E-state index in [9.17, 15) is 28.8 Å². The number of carbonyl (C=O) groups is 6. The van der Waals surface area contributed by atoms with Crippen LogP contribution in [-0.2, 0) is 44.9 Å². The lowest BCUT2D eigenvalue weighted by Crippen LogP contribution is -2.49. The molecule has 87 heavy (non-hydrogen) atoms. The SMILES string of the molecule is CCCCCc1ccc(C(=O)N(Cc2ccc(-c3ccc(C(=O)OC)cc3)cc2)C2CCN(C(=O)OC(C)(C)C)CC2)s1.CCCCCc1ccc(C(=O)O)s1.COC(=O)c1ccc(-c2ccc(CNC3CCN(C(=O)OC(C)(C)C)CC3)cc2)cc1. The Labute approximate surface area is 523 Å². The molecule has 2 aliphatic rings. The maximum atomic E-state index is 14.0. The van der Waals surface area contributed by atoms with Crippen molar-refractivity contribution in [2.75, 3.05) is 40.4 Å². The Morgan fingerprint density at radius 1 is 0.529 bits per heavy atom. The van der Waals surface area contributed by atoms with Crippen molar-refractivity contribution < 1.29 is 52.8 Å². The number of aryl methyl sites for hydroxylation is 2. The van der Waals surface area contributed by atoms with E-state index in [0.717, 1.165) is 77.8 Å². The molecule has 17 heteroatoms. The Hall–Kier alpha value is -7.34. The Kier molecular flexibility index (Phi) is 26.6. The van der Waals surface area contributed by atoms with Gasteiger partial charge in [-0.15, -0.1) is 22.7 Å². The molecular formula is C70H90N4O11S2. The van der Waals surface area contributed by atoms with Gasteiger partial charge in [-0.25, -0.2) is 24.0 Å². The van der Waals surface area contributed by atoms with Crippen LogP contribution in [0.3, 0.4) is 0 Å². The average molecular weight is 1230 g/mol. The highest BCUT2D eigenvalue weighted by Crippen LogP contribution is 2.29. The van der Waals surface area contributed by atoms with Crippen molar-refractivity contribution in [2.24, 2.45) is 0 Å². The number of amides is 3. The summed E-state index contributed by atoms with van der Waals surface area (Å²) < 4.78 is 20.6. The third kappa shape index (κ3) is 22.4. The van der Waals surface area contributed by atoms with Crippen molar-refractivity contribution in [3.63, 3.8) is 0 Å². The number of likely N-dealkylation sites (tertiary alicyclic amines) is 2. The second-order valence-corrected chi connectivity index (χ2v) is 26.4. The van der Waals surface area contributed by atoms with Crippen molar-refractivity contribution in [2.45, 2.75) is 169 Å². The quantitative estimate of drug-likeness (QED) is 0.0420. The number of carboxylic acids is 1. The molecule has 2 aliphatic heterocycles. The van der Waals surface area contributed by atoms with Crippen molar-refractivity contribution in [3.05, 3.63) is 163 Å². The van der Waals surface area contributed by atoms with E-state index < -0.39 is 17.2 Å². The normalized spacial score (nSPS) is 13.7. The maximum absolute atomic E-state index is 14.0. The highest BCUT2D eigenvalue weighted by Gasteiger charge is 2.33. The minimum absolute atomic E-state index is 0.0161. The molecule has 2 N–H and O–H groups in total. The Morgan fingerprint density at radius 3 is 1.31 bits per heavy atom. The first-order chi connectivity index (χ1) is 41.6. The molecule has 0 spiro atoms. The van der Waals surface area contributed by atoms with Gasteiger partial charge in [-0.3, -0.25) is 4.79 Å². The number of esters is 2. The maximum Gasteiger partial charge on any atom is 0.410 e. The first-order valence-corrected chi connectivity index (χ1v) is 32.2. The number of ether oxygens (including phenoxy) is 4. The number of nitrogens with zero attached hydrogens (tertiary/aromatic N) is 3. The molecule has 4 aromatic carbocycles. The van der Waals surface area contributed by atoms with E-state index in [2.05, 4.69) is 61.6 Å². The monoisotopic (exact) mass is 1230 g/mol. The van der Waals surface area contributed by atoms with Gasteiger partial charge in [0.25, 0.3) is 5.91 Å². The van der Waals surface area contributed by atoms with E-state index in [1.54, 1.807) is 51.5 Å². The molecule has 6 aromatic rings. The van der Waals surface area contributed by atoms with Crippen LogP contribution in [0.1, 0.15) is 181 Å². The van der Waals surface area contributed by atoms with Gasteiger partial charge in [0, 0.05) is 61.1 Å². The zero-order valence-corrected chi connectivity index (χ0v) is 54.3. The summed E-state index contributed by atoms with van der Waals surface area (Å²) in [4.78, 5) is 81.9. The number of rotatable bonds is 20. The highest BCUT2D eigenvalue weighted by molar-refractivity contribution is 7.14. The molecule has 0 atom stereocenters. The van der Waals surface area contributed by atoms with Gasteiger partial charge in [0.2, 0.25) is 0 Å². The summed E-state index contributed by atoms with van der Waals surface area (Å²) in [5.74, 6) is -1.45. The standard InChI is InChI=1S/C35H44N2O5S.C25H32N2O4.C10H14O2S/c1-6-7-8-9-30-18-19-31(43-30)32(38)37(29-20-22-36(23-21-29)34(40)42-35(2,3)4)24-25-10-12-26(13-11-25)27-14-16-28(17-15-27)33(39)41-5;1-25(2,3)31-24(29)27-15-13-22(14-16-27)26-17-18-5-7-19(8-6-18)20-9-11-21(12-10-20)23(28)30-4;1-2-3-4-5-8-6-7-9(13-8)10(11)12/h10-19,29H,6-9,20-24H2,1-5H3;5-12,22,26H,13-17H2,1-4H3;6-7H,2-5H2,1H3,(H,11,12). The lowest BCUT2D eigenvalue weighted by molar-refractivity contribution is 0.0139. The Balaban J connectivity index is 0.000000238. The van der Waals surface area contributed by atoms with Crippen molar-refractivity contribution in [1.29, 1.82) is 0 Å². The second kappa shape index (κ2) is 33.7. The molecule has 2 aromatic heterocycles. The number of unbranched alkanes of at least 4 members (excludes halogenated alkanes) is 4. The third-order valence-electron chi connectivity index (χ3n) is 14.9. The number of piperidine rings is 2. The summed E-state index contributed by atoms with van der Waals surface area (Å²) in [5.41, 5.74) is 6.49. The zero-order chi connectivity index (χ0) is 63.1. The predicted octanol–water partition coefficient (Wildman–Crippen LogP) is 15.8. The van der Waals surface area contributed by atoms with Crippen molar-refractivity contribution >= 4 is 58.7 Å². The fourth-order valence-electron chi connectivity index (χ4n) is 10.1. The van der Waals surface area contributed by atoms with Crippen LogP contribution in [0.4, 0.5) is 9.59 Å². The lowest BCUT2D eigenvalue weighted by Gasteiger charge is -2.39. The fourth-order valence-corrected chi connectivity index (χ4v) is 11.9. The summed E-state index contributed by atoms with van der Waals surface area (Å²) in [7, 11) is 2.76. The van der Waals surface area contributed by atoms with E-state index in [1.807, 2.05) is 95.0 Å². The zero-order valence-electron chi connectivity index (χ0n) is 52.6. The summed E-state index contributed by atoms with van der Waals surface area (Å²) in [6, 6.07) is 39.5. The van der Waals surface area contributed by atoms with Crippen LogP contribution in [0.2, 0.25) is 0 Å². The van der Waals surface area contributed by atoms with E-state index in [0.29, 0.717) is 67.6 Å². The molecule has 3 amide bonds. The summed E-state index contributed by atoms with van der Waals surface area (Å²) in [6.07, 6.45) is 11.8. The summed E-state index contributed by atoms with van der Waals surface area (Å²) in [6.45, 7) is 19.5. The number of nitrogens with one attached hydrogen (secondary N) is 1. The average Bonchev–Trinajstić information content (AvgIpc) is 4.32. The summed E-state index contributed by atoms with van der Waals surface area (Å²) >= 11 is 2.99. The molecule has 468 valence electrons. The fraction of sp³-hybridized carbons (Fsp3) is 0.457. The molecule has 15 nitrogen and oxygen atoms in total. The second-order valence-electron chi connectivity index (χ2n) is 24.0. The van der Waals surface area contributed by atoms with Crippen LogP contribution in [0.5, 0.6) is 0 Å². The van der Waals surface area contributed by atoms with Gasteiger partial charge < -0.3 is 44.1 Å². The van der Waals surface area contributed by atoms with Gasteiger partial charge in [-0.05, 0) is 175 Å². The molecule has 2 saturated heterocycles. The summed E-state index contributed by atoms with van der Waals surface area (Å²) in [5, 5.41) is 12.3. The molecule has 0 radical (unpaired) electrons. The smallest absolute Gasteiger partial charge is 0.410 e. The number of methoxy groups -OCH3 is 2. The molecule has 8 rings (SSSR count).